The largest absolute Gasteiger partial charge is 0.344 e. The number of amides is 2. The number of hydrogen-bond acceptors (Lipinski definition) is 2. The van der Waals surface area contributed by atoms with Gasteiger partial charge < -0.3 is 10.2 Å². The zero-order chi connectivity index (χ0) is 14.7. The van der Waals surface area contributed by atoms with Crippen molar-refractivity contribution in [2.75, 3.05) is 6.54 Å². The van der Waals surface area contributed by atoms with Gasteiger partial charge in [0.15, 0.2) is 0 Å². The first kappa shape index (κ1) is 15.0. The summed E-state index contributed by atoms with van der Waals surface area (Å²) in [6.07, 6.45) is 0.820. The lowest BCUT2D eigenvalue weighted by atomic mass is 10.1. The molecule has 0 aliphatic carbocycles. The van der Waals surface area contributed by atoms with Gasteiger partial charge in [-0.1, -0.05) is 19.1 Å². The first-order valence-electron chi connectivity index (χ1n) is 6.54. The quantitative estimate of drug-likeness (QED) is 0.915. The molecule has 1 aliphatic rings. The predicted octanol–water partition coefficient (Wildman–Crippen LogP) is 2.22. The molecule has 4 nitrogen and oxygen atoms in total. The van der Waals surface area contributed by atoms with E-state index in [1.165, 1.54) is 6.07 Å². The minimum atomic E-state index is -0.489. The Morgan fingerprint density at radius 1 is 1.45 bits per heavy atom. The second kappa shape index (κ2) is 6.35. The van der Waals surface area contributed by atoms with Gasteiger partial charge in [-0.15, -0.1) is 0 Å². The van der Waals surface area contributed by atoms with E-state index in [0.717, 1.165) is 0 Å². The monoisotopic (exact) mass is 342 g/mol. The number of nitrogens with one attached hydrogen (secondary N) is 1. The molecule has 108 valence electrons. The second-order valence-electron chi connectivity index (χ2n) is 4.75. The van der Waals surface area contributed by atoms with Gasteiger partial charge in [0.2, 0.25) is 11.8 Å². The van der Waals surface area contributed by atoms with Crippen LogP contribution >= 0.6 is 15.9 Å². The first-order chi connectivity index (χ1) is 9.52. The fraction of sp³-hybridized carbons (Fsp3) is 0.429. The molecule has 0 radical (unpaired) electrons. The molecule has 1 unspecified atom stereocenters. The van der Waals surface area contributed by atoms with Crippen LogP contribution in [-0.4, -0.2) is 29.3 Å². The third-order valence-electron chi connectivity index (χ3n) is 3.35. The number of carbonyl (C=O) groups excluding carboxylic acids is 2. The van der Waals surface area contributed by atoms with Crippen molar-refractivity contribution >= 4 is 27.7 Å². The molecule has 0 saturated carbocycles. The molecule has 1 saturated heterocycles. The smallest absolute Gasteiger partial charge is 0.245 e. The Balaban J connectivity index is 2.20. The molecule has 6 heteroatoms. The van der Waals surface area contributed by atoms with Gasteiger partial charge in [0.25, 0.3) is 0 Å². The van der Waals surface area contributed by atoms with Crippen LogP contribution in [0.5, 0.6) is 0 Å². The van der Waals surface area contributed by atoms with Gasteiger partial charge in [0.05, 0.1) is 4.47 Å². The van der Waals surface area contributed by atoms with E-state index in [1.807, 2.05) is 6.92 Å². The topological polar surface area (TPSA) is 49.4 Å². The molecule has 0 bridgehead atoms. The van der Waals surface area contributed by atoms with Gasteiger partial charge in [-0.2, -0.15) is 0 Å². The number of rotatable bonds is 3. The third kappa shape index (κ3) is 3.17. The molecular formula is C14H16BrFN2O2. The first-order valence-corrected chi connectivity index (χ1v) is 7.33. The summed E-state index contributed by atoms with van der Waals surface area (Å²) < 4.78 is 13.9. The Morgan fingerprint density at radius 3 is 2.90 bits per heavy atom. The molecule has 2 rings (SSSR count). The zero-order valence-electron chi connectivity index (χ0n) is 11.2. The van der Waals surface area contributed by atoms with Gasteiger partial charge in [-0.05, 0) is 34.0 Å². The summed E-state index contributed by atoms with van der Waals surface area (Å²) in [5, 5.41) is 2.70. The van der Waals surface area contributed by atoms with Gasteiger partial charge in [-0.25, -0.2) is 4.39 Å². The van der Waals surface area contributed by atoms with Gasteiger partial charge in [0, 0.05) is 19.5 Å². The van der Waals surface area contributed by atoms with Crippen LogP contribution in [0.3, 0.4) is 0 Å². The van der Waals surface area contributed by atoms with Crippen molar-refractivity contribution in [1.82, 2.24) is 10.2 Å². The minimum absolute atomic E-state index is 0.116. The van der Waals surface area contributed by atoms with E-state index in [9.17, 15) is 14.0 Å². The van der Waals surface area contributed by atoms with Crippen LogP contribution in [0.25, 0.3) is 0 Å². The maximum absolute atomic E-state index is 13.5. The van der Waals surface area contributed by atoms with Crippen LogP contribution in [0.2, 0.25) is 0 Å². The van der Waals surface area contributed by atoms with Crippen LogP contribution in [0.1, 0.15) is 25.3 Å². The van der Waals surface area contributed by atoms with Crippen molar-refractivity contribution in [3.8, 4) is 0 Å². The summed E-state index contributed by atoms with van der Waals surface area (Å²) in [6.45, 7) is 2.50. The molecule has 0 aromatic heterocycles. The lowest BCUT2D eigenvalue weighted by Gasteiger charge is -2.24. The molecule has 1 aliphatic heterocycles. The van der Waals surface area contributed by atoms with Crippen molar-refractivity contribution in [3.63, 3.8) is 0 Å². The van der Waals surface area contributed by atoms with Gasteiger partial charge >= 0.3 is 0 Å². The second-order valence-corrected chi connectivity index (χ2v) is 5.54. The van der Waals surface area contributed by atoms with E-state index in [1.54, 1.807) is 17.0 Å². The summed E-state index contributed by atoms with van der Waals surface area (Å²) in [7, 11) is 0. The van der Waals surface area contributed by atoms with E-state index in [2.05, 4.69) is 21.2 Å². The zero-order valence-corrected chi connectivity index (χ0v) is 12.7. The number of halogens is 2. The summed E-state index contributed by atoms with van der Waals surface area (Å²) in [4.78, 5) is 25.5. The van der Waals surface area contributed by atoms with E-state index < -0.39 is 6.04 Å². The van der Waals surface area contributed by atoms with E-state index in [4.69, 9.17) is 0 Å². The average molecular weight is 343 g/mol. The summed E-state index contributed by atoms with van der Waals surface area (Å²) in [5.74, 6) is -0.591. The SMILES string of the molecule is CCC1NC(=O)CCN(Cc2cccc(F)c2Br)C1=O. The average Bonchev–Trinajstić information content (AvgIpc) is 2.56. The van der Waals surface area contributed by atoms with Crippen molar-refractivity contribution in [2.45, 2.75) is 32.4 Å². The molecule has 0 spiro atoms. The number of benzene rings is 1. The Bertz CT molecular complexity index is 536. The lowest BCUT2D eigenvalue weighted by Crippen LogP contribution is -2.43. The van der Waals surface area contributed by atoms with E-state index in [-0.39, 0.29) is 24.1 Å². The molecule has 1 heterocycles. The van der Waals surface area contributed by atoms with Gasteiger partial charge in [0.1, 0.15) is 11.9 Å². The van der Waals surface area contributed by atoms with Crippen LogP contribution in [-0.2, 0) is 16.1 Å². The van der Waals surface area contributed by atoms with Crippen LogP contribution in [0.4, 0.5) is 4.39 Å². The number of carbonyl (C=O) groups is 2. The summed E-state index contributed by atoms with van der Waals surface area (Å²) in [5.41, 5.74) is 0.697. The van der Waals surface area contributed by atoms with Crippen molar-refractivity contribution in [2.24, 2.45) is 0 Å². The number of nitrogens with zero attached hydrogens (tertiary/aromatic N) is 1. The molecule has 1 fully saturated rings. The van der Waals surface area contributed by atoms with Crippen molar-refractivity contribution in [1.29, 1.82) is 0 Å². The van der Waals surface area contributed by atoms with E-state index >= 15 is 0 Å². The molecule has 1 atom stereocenters. The third-order valence-corrected chi connectivity index (χ3v) is 4.24. The molecule has 1 aromatic rings. The van der Waals surface area contributed by atoms with E-state index in [0.29, 0.717) is 29.5 Å². The highest BCUT2D eigenvalue weighted by Crippen LogP contribution is 2.22. The highest BCUT2D eigenvalue weighted by molar-refractivity contribution is 9.10. The van der Waals surface area contributed by atoms with Crippen LogP contribution < -0.4 is 5.32 Å². The standard InChI is InChI=1S/C14H16BrFN2O2/c1-2-11-14(20)18(7-6-12(19)17-11)8-9-4-3-5-10(16)13(9)15/h3-5,11H,2,6-8H2,1H3,(H,17,19). The Morgan fingerprint density at radius 2 is 2.20 bits per heavy atom. The Hall–Kier alpha value is -1.43. The van der Waals surface area contributed by atoms with Gasteiger partial charge in [-0.3, -0.25) is 9.59 Å². The molecule has 1 aromatic carbocycles. The maximum atomic E-state index is 13.5. The highest BCUT2D eigenvalue weighted by atomic mass is 79.9. The minimum Gasteiger partial charge on any atom is -0.344 e. The van der Waals surface area contributed by atoms with Crippen LogP contribution in [0.15, 0.2) is 22.7 Å². The number of hydrogen-bond donors (Lipinski definition) is 1. The highest BCUT2D eigenvalue weighted by Gasteiger charge is 2.28. The predicted molar refractivity (Wildman–Crippen MR) is 76.4 cm³/mol. The molecular weight excluding hydrogens is 327 g/mol. The Kier molecular flexibility index (Phi) is 4.75. The van der Waals surface area contributed by atoms with Crippen molar-refractivity contribution < 1.29 is 14.0 Å². The fourth-order valence-corrected chi connectivity index (χ4v) is 2.59. The molecule has 1 N–H and O–H groups in total. The van der Waals surface area contributed by atoms with Crippen molar-refractivity contribution in [3.05, 3.63) is 34.1 Å². The molecule has 2 amide bonds. The maximum Gasteiger partial charge on any atom is 0.245 e. The summed E-state index contributed by atoms with van der Waals surface area (Å²) >= 11 is 3.19. The van der Waals surface area contributed by atoms with Crippen LogP contribution in [0, 0.1) is 5.82 Å². The normalized spacial score (nSPS) is 19.8. The lowest BCUT2D eigenvalue weighted by molar-refractivity contribution is -0.134. The fourth-order valence-electron chi connectivity index (χ4n) is 2.21. The Labute approximate surface area is 125 Å². The summed E-state index contributed by atoms with van der Waals surface area (Å²) in [6, 6.07) is 4.25. The molecule has 20 heavy (non-hydrogen) atoms.